The van der Waals surface area contributed by atoms with Gasteiger partial charge in [-0.3, -0.25) is 9.59 Å². The molecule has 0 saturated carbocycles. The van der Waals surface area contributed by atoms with E-state index in [9.17, 15) is 22.8 Å². The maximum absolute atomic E-state index is 11.7. The van der Waals surface area contributed by atoms with Crippen LogP contribution in [-0.4, -0.2) is 37.9 Å². The Morgan fingerprint density at radius 3 is 2.35 bits per heavy atom. The molecule has 1 aromatic rings. The first kappa shape index (κ1) is 17.4. The Labute approximate surface area is 136 Å². The van der Waals surface area contributed by atoms with Gasteiger partial charge in [-0.25, -0.2) is 8.98 Å². The summed E-state index contributed by atoms with van der Waals surface area (Å²) >= 11 is 0. The van der Waals surface area contributed by atoms with Crippen LogP contribution in [0.4, 0.5) is 0 Å². The number of imide groups is 1. The third-order valence-corrected chi connectivity index (χ3v) is 5.39. The molecule has 0 atom stereocenters. The fraction of sp³-hybridized carbons (Fsp3) is 0.308. The van der Waals surface area contributed by atoms with Crippen LogP contribution < -0.4 is 0 Å². The minimum absolute atomic E-state index is 0.0435. The lowest BCUT2D eigenvalue weighted by Gasteiger charge is -2.12. The van der Waals surface area contributed by atoms with Crippen molar-refractivity contribution in [3.05, 3.63) is 35.9 Å². The van der Waals surface area contributed by atoms with E-state index in [1.54, 1.807) is 30.3 Å². The SMILES string of the molecule is O=C(COS(=O)(=O)SCc1ccccc1)ON1C(=O)CCC1=O. The Morgan fingerprint density at radius 2 is 1.74 bits per heavy atom. The number of nitrogens with zero attached hydrogens (tertiary/aromatic N) is 1. The average molecular weight is 359 g/mol. The van der Waals surface area contributed by atoms with E-state index >= 15 is 0 Å². The molecule has 2 rings (SSSR count). The lowest BCUT2D eigenvalue weighted by atomic mass is 10.2. The summed E-state index contributed by atoms with van der Waals surface area (Å²) in [6.07, 6.45) is -0.0869. The number of rotatable bonds is 7. The van der Waals surface area contributed by atoms with Gasteiger partial charge in [0.15, 0.2) is 6.61 Å². The fourth-order valence-corrected chi connectivity index (χ4v) is 3.63. The Bertz CT molecular complexity index is 686. The van der Waals surface area contributed by atoms with Gasteiger partial charge in [0.05, 0.1) is 0 Å². The van der Waals surface area contributed by atoms with Crippen LogP contribution in [0.5, 0.6) is 0 Å². The van der Waals surface area contributed by atoms with Crippen molar-refractivity contribution in [3.8, 4) is 0 Å². The van der Waals surface area contributed by atoms with Gasteiger partial charge in [0.2, 0.25) is 0 Å². The molecular weight excluding hydrogens is 346 g/mol. The molecule has 0 N–H and O–H groups in total. The maximum atomic E-state index is 11.7. The quantitative estimate of drug-likeness (QED) is 0.519. The second kappa shape index (κ2) is 7.57. The molecule has 8 nitrogen and oxygen atoms in total. The number of carbonyl (C=O) groups is 3. The summed E-state index contributed by atoms with van der Waals surface area (Å²) in [5, 5.41) is 0.329. The second-order valence-electron chi connectivity index (χ2n) is 4.46. The standard InChI is InChI=1S/C13H13NO7S2/c15-11-6-7-12(16)14(11)21-13(17)8-20-23(18,19)22-9-10-4-2-1-3-5-10/h1-5H,6-9H2. The summed E-state index contributed by atoms with van der Waals surface area (Å²) in [4.78, 5) is 38.4. The zero-order valence-corrected chi connectivity index (χ0v) is 13.5. The van der Waals surface area contributed by atoms with E-state index < -0.39 is 33.5 Å². The van der Waals surface area contributed by atoms with Crippen LogP contribution in [0.25, 0.3) is 0 Å². The Kier molecular flexibility index (Phi) is 5.74. The van der Waals surface area contributed by atoms with Crippen molar-refractivity contribution < 1.29 is 31.8 Å². The highest BCUT2D eigenvalue weighted by atomic mass is 33.1. The molecular formula is C13H13NO7S2. The number of hydroxylamine groups is 2. The molecule has 0 aromatic heterocycles. The van der Waals surface area contributed by atoms with Crippen molar-refractivity contribution in [3.63, 3.8) is 0 Å². The first-order valence-corrected chi connectivity index (χ1v) is 9.43. The summed E-state index contributed by atoms with van der Waals surface area (Å²) in [6.45, 7) is -0.915. The molecule has 1 saturated heterocycles. The highest BCUT2D eigenvalue weighted by Gasteiger charge is 2.33. The Hall–Kier alpha value is -1.91. The van der Waals surface area contributed by atoms with Gasteiger partial charge in [0.25, 0.3) is 11.8 Å². The molecule has 2 amide bonds. The Balaban J connectivity index is 1.78. The zero-order valence-electron chi connectivity index (χ0n) is 11.8. The van der Waals surface area contributed by atoms with Crippen LogP contribution in [0, 0.1) is 0 Å². The van der Waals surface area contributed by atoms with E-state index in [1.165, 1.54) is 0 Å². The van der Waals surface area contributed by atoms with E-state index in [1.807, 2.05) is 0 Å². The molecule has 1 aromatic carbocycles. The molecule has 124 valence electrons. The van der Waals surface area contributed by atoms with Crippen LogP contribution in [-0.2, 0) is 38.3 Å². The van der Waals surface area contributed by atoms with Crippen LogP contribution in [0.2, 0.25) is 0 Å². The molecule has 1 heterocycles. The van der Waals surface area contributed by atoms with Gasteiger partial charge in [0, 0.05) is 29.4 Å². The molecule has 0 spiro atoms. The lowest BCUT2D eigenvalue weighted by Crippen LogP contribution is -2.33. The molecule has 10 heteroatoms. The molecule has 1 aliphatic rings. The van der Waals surface area contributed by atoms with Crippen molar-refractivity contribution in [2.24, 2.45) is 0 Å². The molecule has 1 fully saturated rings. The highest BCUT2D eigenvalue weighted by molar-refractivity contribution is 8.69. The van der Waals surface area contributed by atoms with E-state index in [0.29, 0.717) is 15.9 Å². The molecule has 23 heavy (non-hydrogen) atoms. The minimum atomic E-state index is -4.01. The summed E-state index contributed by atoms with van der Waals surface area (Å²) in [6, 6.07) is 8.84. The average Bonchev–Trinajstić information content (AvgIpc) is 2.84. The van der Waals surface area contributed by atoms with Gasteiger partial charge >= 0.3 is 15.1 Å². The third kappa shape index (κ3) is 5.34. The highest BCUT2D eigenvalue weighted by Crippen LogP contribution is 2.20. The monoisotopic (exact) mass is 359 g/mol. The molecule has 0 radical (unpaired) electrons. The summed E-state index contributed by atoms with van der Waals surface area (Å²) in [5.74, 6) is -2.28. The van der Waals surface area contributed by atoms with E-state index in [0.717, 1.165) is 5.56 Å². The van der Waals surface area contributed by atoms with Crippen molar-refractivity contribution in [2.45, 2.75) is 18.6 Å². The fourth-order valence-electron chi connectivity index (χ4n) is 1.65. The van der Waals surface area contributed by atoms with E-state index in [2.05, 4.69) is 9.02 Å². The third-order valence-electron chi connectivity index (χ3n) is 2.73. The van der Waals surface area contributed by atoms with Crippen LogP contribution in [0.15, 0.2) is 30.3 Å². The predicted molar refractivity (Wildman–Crippen MR) is 79.8 cm³/mol. The van der Waals surface area contributed by atoms with Crippen molar-refractivity contribution >= 4 is 37.7 Å². The smallest absolute Gasteiger partial charge is 0.328 e. The lowest BCUT2D eigenvalue weighted by molar-refractivity contribution is -0.198. The minimum Gasteiger partial charge on any atom is -0.328 e. The number of benzene rings is 1. The molecule has 0 aliphatic carbocycles. The van der Waals surface area contributed by atoms with Gasteiger partial charge in [-0.2, -0.15) is 8.42 Å². The van der Waals surface area contributed by atoms with Gasteiger partial charge in [-0.1, -0.05) is 30.3 Å². The van der Waals surface area contributed by atoms with Crippen molar-refractivity contribution in [1.82, 2.24) is 5.06 Å². The largest absolute Gasteiger partial charge is 0.360 e. The van der Waals surface area contributed by atoms with Gasteiger partial charge in [-0.15, -0.1) is 5.06 Å². The van der Waals surface area contributed by atoms with E-state index in [-0.39, 0.29) is 18.6 Å². The molecule has 0 unspecified atom stereocenters. The number of hydrogen-bond donors (Lipinski definition) is 0. The normalized spacial score (nSPS) is 15.0. The van der Waals surface area contributed by atoms with Crippen molar-refractivity contribution in [1.29, 1.82) is 0 Å². The van der Waals surface area contributed by atoms with Crippen molar-refractivity contribution in [2.75, 3.05) is 6.61 Å². The number of hydrogen-bond acceptors (Lipinski definition) is 8. The summed E-state index contributed by atoms with van der Waals surface area (Å²) < 4.78 is 27.8. The van der Waals surface area contributed by atoms with Crippen LogP contribution >= 0.6 is 10.8 Å². The second-order valence-corrected chi connectivity index (χ2v) is 7.97. The van der Waals surface area contributed by atoms with Gasteiger partial charge < -0.3 is 4.84 Å². The molecule has 1 aliphatic heterocycles. The number of carbonyl (C=O) groups excluding carboxylic acids is 3. The first-order chi connectivity index (χ1) is 10.9. The predicted octanol–water partition coefficient (Wildman–Crippen LogP) is 0.788. The summed E-state index contributed by atoms with van der Waals surface area (Å²) in [5.41, 5.74) is 0.778. The van der Waals surface area contributed by atoms with Crippen LogP contribution in [0.3, 0.4) is 0 Å². The zero-order chi connectivity index (χ0) is 16.9. The molecule has 0 bridgehead atoms. The first-order valence-electron chi connectivity index (χ1n) is 6.52. The van der Waals surface area contributed by atoms with E-state index in [4.69, 9.17) is 0 Å². The van der Waals surface area contributed by atoms with Gasteiger partial charge in [0.1, 0.15) is 0 Å². The topological polar surface area (TPSA) is 107 Å². The van der Waals surface area contributed by atoms with Crippen LogP contribution in [0.1, 0.15) is 18.4 Å². The Morgan fingerprint density at radius 1 is 1.13 bits per heavy atom. The summed E-state index contributed by atoms with van der Waals surface area (Å²) in [7, 11) is -3.50. The van der Waals surface area contributed by atoms with Gasteiger partial charge in [-0.05, 0) is 5.56 Å². The number of amides is 2. The maximum Gasteiger partial charge on any atom is 0.360 e.